The minimum Gasteiger partial charge on any atom is -0.466 e. The van der Waals surface area contributed by atoms with E-state index in [2.05, 4.69) is 10.1 Å². The Kier molecular flexibility index (Phi) is 3.41. The maximum Gasteiger partial charge on any atom is 0.372 e. The van der Waals surface area contributed by atoms with Crippen molar-refractivity contribution in [1.29, 1.82) is 0 Å². The summed E-state index contributed by atoms with van der Waals surface area (Å²) in [6.07, 6.45) is 3.55. The number of nitrogens with two attached hydrogens (primary N) is 1. The van der Waals surface area contributed by atoms with Crippen molar-refractivity contribution in [2.24, 2.45) is 5.10 Å². The van der Waals surface area contributed by atoms with Crippen LogP contribution in [0.3, 0.4) is 0 Å². The van der Waals surface area contributed by atoms with Gasteiger partial charge in [-0.25, -0.2) is 4.79 Å². The Morgan fingerprint density at radius 1 is 1.33 bits per heavy atom. The van der Waals surface area contributed by atoms with Crippen molar-refractivity contribution in [3.63, 3.8) is 0 Å². The minimum atomic E-state index is -0.152. The smallest absolute Gasteiger partial charge is 0.372 e. The average molecular weight is 282 g/mol. The van der Waals surface area contributed by atoms with Gasteiger partial charge in [0.25, 0.3) is 0 Å². The zero-order valence-corrected chi connectivity index (χ0v) is 11.9. The van der Waals surface area contributed by atoms with Crippen LogP contribution in [-0.4, -0.2) is 17.1 Å². The van der Waals surface area contributed by atoms with E-state index in [1.54, 1.807) is 19.2 Å². The standard InChI is InChI=1S/C16H15N3O2/c1-10-7-14(11(2)21-10)16(20)19-18-9-12-8-17-15-6-4-3-5-13(12)15/h3-9,17H,1-2H3,(H,19,20)/p+1/b18-9-. The molecule has 0 atom stereocenters. The van der Waals surface area contributed by atoms with Crippen LogP contribution in [0, 0.1) is 13.8 Å². The van der Waals surface area contributed by atoms with Gasteiger partial charge in [0.1, 0.15) is 17.1 Å². The lowest BCUT2D eigenvalue weighted by atomic mass is 10.2. The largest absolute Gasteiger partial charge is 0.466 e. The van der Waals surface area contributed by atoms with Gasteiger partial charge in [0, 0.05) is 22.7 Å². The van der Waals surface area contributed by atoms with E-state index in [1.807, 2.05) is 37.4 Å². The van der Waals surface area contributed by atoms with Gasteiger partial charge in [-0.2, -0.15) is 5.43 Å². The molecule has 0 aliphatic heterocycles. The highest BCUT2D eigenvalue weighted by Crippen LogP contribution is 2.15. The molecule has 3 aromatic rings. The summed E-state index contributed by atoms with van der Waals surface area (Å²) in [4.78, 5) is 15.2. The minimum absolute atomic E-state index is 0.152. The van der Waals surface area contributed by atoms with E-state index in [4.69, 9.17) is 4.42 Å². The topological polar surface area (TPSA) is 75.0 Å². The van der Waals surface area contributed by atoms with Crippen LogP contribution in [0.4, 0.5) is 0 Å². The molecule has 0 unspecified atom stereocenters. The van der Waals surface area contributed by atoms with E-state index in [0.717, 1.165) is 22.2 Å². The molecule has 2 heterocycles. The number of aryl methyl sites for hydroxylation is 2. The van der Waals surface area contributed by atoms with E-state index >= 15 is 0 Å². The Hall–Kier alpha value is -2.66. The molecule has 3 N–H and O–H groups in total. The van der Waals surface area contributed by atoms with Crippen LogP contribution in [0.1, 0.15) is 27.4 Å². The maximum atomic E-state index is 12.0. The third kappa shape index (κ3) is 2.64. The molecule has 2 aromatic heterocycles. The lowest BCUT2D eigenvalue weighted by Crippen LogP contribution is -2.82. The van der Waals surface area contributed by atoms with Gasteiger partial charge in [-0.05, 0) is 26.0 Å². The number of amides is 1. The predicted molar refractivity (Wildman–Crippen MR) is 80.3 cm³/mol. The molecule has 0 fully saturated rings. The SMILES string of the molecule is Cc1cc(C(=O)[NH2+]/N=C\c2c[nH]c3ccccc23)c(C)o1. The number of aromatic nitrogens is 1. The third-order valence-corrected chi connectivity index (χ3v) is 3.33. The third-order valence-electron chi connectivity index (χ3n) is 3.33. The summed E-state index contributed by atoms with van der Waals surface area (Å²) < 4.78 is 5.35. The lowest BCUT2D eigenvalue weighted by Gasteiger charge is -1.92. The van der Waals surface area contributed by atoms with Gasteiger partial charge in [-0.15, -0.1) is 0 Å². The van der Waals surface area contributed by atoms with Gasteiger partial charge >= 0.3 is 5.91 Å². The molecule has 0 saturated heterocycles. The summed E-state index contributed by atoms with van der Waals surface area (Å²) in [7, 11) is 0. The van der Waals surface area contributed by atoms with Crippen molar-refractivity contribution in [1.82, 2.24) is 4.98 Å². The molecule has 0 aliphatic rings. The van der Waals surface area contributed by atoms with Gasteiger partial charge in [0.2, 0.25) is 0 Å². The van der Waals surface area contributed by atoms with Crippen LogP contribution in [0.2, 0.25) is 0 Å². The van der Waals surface area contributed by atoms with Crippen molar-refractivity contribution in [3.05, 3.63) is 59.2 Å². The molecule has 0 radical (unpaired) electrons. The first-order valence-corrected chi connectivity index (χ1v) is 6.69. The molecule has 3 rings (SSSR count). The molecule has 1 amide bonds. The Morgan fingerprint density at radius 3 is 2.90 bits per heavy atom. The van der Waals surface area contributed by atoms with Crippen LogP contribution in [0.15, 0.2) is 46.0 Å². The van der Waals surface area contributed by atoms with Crippen molar-refractivity contribution in [3.8, 4) is 0 Å². The van der Waals surface area contributed by atoms with Crippen LogP contribution in [0.5, 0.6) is 0 Å². The number of primary amides is 1. The Balaban J connectivity index is 1.75. The molecule has 5 nitrogen and oxygen atoms in total. The molecule has 21 heavy (non-hydrogen) atoms. The number of fused-ring (bicyclic) bond motifs is 1. The van der Waals surface area contributed by atoms with E-state index in [0.29, 0.717) is 11.3 Å². The highest BCUT2D eigenvalue weighted by molar-refractivity contribution is 5.99. The quantitative estimate of drug-likeness (QED) is 0.438. The number of carbonyl (C=O) groups is 1. The number of benzene rings is 1. The normalized spacial score (nSPS) is 11.5. The highest BCUT2D eigenvalue weighted by atomic mass is 16.3. The Morgan fingerprint density at radius 2 is 2.14 bits per heavy atom. The van der Waals surface area contributed by atoms with Crippen molar-refractivity contribution in [2.75, 3.05) is 0 Å². The zero-order valence-electron chi connectivity index (χ0n) is 11.9. The van der Waals surface area contributed by atoms with Gasteiger partial charge in [-0.1, -0.05) is 23.3 Å². The Bertz CT molecular complexity index is 827. The zero-order chi connectivity index (χ0) is 14.8. The molecule has 5 heteroatoms. The van der Waals surface area contributed by atoms with E-state index in [1.165, 1.54) is 5.43 Å². The number of hydrogen-bond acceptors (Lipinski definition) is 3. The van der Waals surface area contributed by atoms with Crippen molar-refractivity contribution in [2.45, 2.75) is 13.8 Å². The number of quaternary nitrogens is 1. The van der Waals surface area contributed by atoms with Crippen LogP contribution in [-0.2, 0) is 0 Å². The number of furan rings is 1. The van der Waals surface area contributed by atoms with Crippen LogP contribution >= 0.6 is 0 Å². The number of rotatable bonds is 3. The first-order valence-electron chi connectivity index (χ1n) is 6.69. The number of H-pyrrole nitrogens is 1. The van der Waals surface area contributed by atoms with E-state index in [-0.39, 0.29) is 5.91 Å². The number of nitrogens with zero attached hydrogens (tertiary/aromatic N) is 1. The van der Waals surface area contributed by atoms with E-state index < -0.39 is 0 Å². The summed E-state index contributed by atoms with van der Waals surface area (Å²) in [5.41, 5.74) is 3.88. The highest BCUT2D eigenvalue weighted by Gasteiger charge is 2.16. The number of nitrogens with one attached hydrogen (secondary N) is 1. The van der Waals surface area contributed by atoms with Gasteiger partial charge in [0.05, 0.1) is 6.21 Å². The summed E-state index contributed by atoms with van der Waals surface area (Å²) in [6, 6.07) is 9.69. The molecule has 0 spiro atoms. The molecule has 1 aromatic carbocycles. The van der Waals surface area contributed by atoms with Gasteiger partial charge in [-0.3, -0.25) is 0 Å². The summed E-state index contributed by atoms with van der Waals surface area (Å²) in [5.74, 6) is 1.20. The number of para-hydroxylation sites is 1. The Labute approximate surface area is 121 Å². The summed E-state index contributed by atoms with van der Waals surface area (Å²) >= 11 is 0. The fourth-order valence-corrected chi connectivity index (χ4v) is 2.33. The molecule has 0 aliphatic carbocycles. The average Bonchev–Trinajstić information content (AvgIpc) is 3.02. The summed E-state index contributed by atoms with van der Waals surface area (Å²) in [5, 5.41) is 5.21. The van der Waals surface area contributed by atoms with Gasteiger partial charge in [0.15, 0.2) is 0 Å². The lowest BCUT2D eigenvalue weighted by molar-refractivity contribution is -0.560. The molecular weight excluding hydrogens is 266 g/mol. The molecule has 106 valence electrons. The predicted octanol–water partition coefficient (Wildman–Crippen LogP) is 2.12. The first-order chi connectivity index (χ1) is 10.1. The fraction of sp³-hybridized carbons (Fsp3) is 0.125. The number of aromatic amines is 1. The molecule has 0 saturated carbocycles. The number of hydrogen-bond donors (Lipinski definition) is 2. The van der Waals surface area contributed by atoms with Crippen molar-refractivity contribution >= 4 is 23.0 Å². The maximum absolute atomic E-state index is 12.0. The monoisotopic (exact) mass is 282 g/mol. The molecule has 0 bridgehead atoms. The van der Waals surface area contributed by atoms with Gasteiger partial charge < -0.3 is 9.40 Å². The van der Waals surface area contributed by atoms with Crippen LogP contribution in [0.25, 0.3) is 10.9 Å². The second-order valence-corrected chi connectivity index (χ2v) is 4.89. The summed E-state index contributed by atoms with van der Waals surface area (Å²) in [6.45, 7) is 3.59. The second kappa shape index (κ2) is 5.38. The number of carbonyl (C=O) groups excluding carboxylic acids is 1. The van der Waals surface area contributed by atoms with Crippen LogP contribution < -0.4 is 5.43 Å². The molecular formula is C16H16N3O2+. The second-order valence-electron chi connectivity index (χ2n) is 4.89. The van der Waals surface area contributed by atoms with E-state index in [9.17, 15) is 4.79 Å². The fourth-order valence-electron chi connectivity index (χ4n) is 2.33. The van der Waals surface area contributed by atoms with Crippen molar-refractivity contribution < 1.29 is 14.6 Å². The first kappa shape index (κ1) is 13.3.